The minimum atomic E-state index is -4.36. The molecule has 0 radical (unpaired) electrons. The third-order valence-corrected chi connectivity index (χ3v) is 3.09. The first-order valence-electron chi connectivity index (χ1n) is 7.04. The maximum atomic E-state index is 12.6. The molecule has 0 bridgehead atoms. The predicted molar refractivity (Wildman–Crippen MR) is 79.9 cm³/mol. The van der Waals surface area contributed by atoms with Gasteiger partial charge in [0.05, 0.1) is 18.8 Å². The Morgan fingerprint density at radius 1 is 1.04 bits per heavy atom. The lowest BCUT2D eigenvalue weighted by Crippen LogP contribution is -2.27. The summed E-state index contributed by atoms with van der Waals surface area (Å²) in [6, 6.07) is 13.7. The third kappa shape index (κ3) is 5.41. The van der Waals surface area contributed by atoms with Crippen molar-refractivity contribution in [3.05, 3.63) is 71.3 Å². The lowest BCUT2D eigenvalue weighted by Gasteiger charge is -2.09. The van der Waals surface area contributed by atoms with Gasteiger partial charge >= 0.3 is 6.18 Å². The van der Waals surface area contributed by atoms with Gasteiger partial charge < -0.3 is 10.1 Å². The van der Waals surface area contributed by atoms with Crippen LogP contribution in [0.2, 0.25) is 0 Å². The quantitative estimate of drug-likeness (QED) is 0.824. The molecule has 2 aromatic rings. The normalized spacial score (nSPS) is 11.3. The highest BCUT2D eigenvalue weighted by molar-refractivity contribution is 5.94. The summed E-state index contributed by atoms with van der Waals surface area (Å²) in [5.41, 5.74) is 0.288. The molecule has 0 heterocycles. The number of amides is 1. The number of carbonyl (C=O) groups excluding carboxylic acids is 1. The summed E-state index contributed by atoms with van der Waals surface area (Å²) >= 11 is 0. The van der Waals surface area contributed by atoms with Gasteiger partial charge in [-0.2, -0.15) is 13.2 Å². The molecule has 2 rings (SSSR count). The van der Waals surface area contributed by atoms with Crippen LogP contribution in [0.5, 0.6) is 0 Å². The average molecular weight is 323 g/mol. The zero-order chi connectivity index (χ0) is 16.7. The molecule has 122 valence electrons. The monoisotopic (exact) mass is 323 g/mol. The topological polar surface area (TPSA) is 38.3 Å². The molecule has 23 heavy (non-hydrogen) atoms. The number of halogens is 3. The third-order valence-electron chi connectivity index (χ3n) is 3.09. The number of hydrogen-bond donors (Lipinski definition) is 1. The zero-order valence-corrected chi connectivity index (χ0v) is 12.3. The van der Waals surface area contributed by atoms with E-state index in [0.29, 0.717) is 11.1 Å². The Labute approximate surface area is 132 Å². The highest BCUT2D eigenvalue weighted by Gasteiger charge is 2.30. The van der Waals surface area contributed by atoms with Crippen molar-refractivity contribution in [2.24, 2.45) is 0 Å². The first-order chi connectivity index (χ1) is 11.0. The van der Waals surface area contributed by atoms with E-state index in [-0.39, 0.29) is 25.7 Å². The first-order valence-corrected chi connectivity index (χ1v) is 7.04. The van der Waals surface area contributed by atoms with Crippen molar-refractivity contribution in [3.8, 4) is 0 Å². The highest BCUT2D eigenvalue weighted by Crippen LogP contribution is 2.29. The van der Waals surface area contributed by atoms with Gasteiger partial charge in [-0.1, -0.05) is 30.3 Å². The Hall–Kier alpha value is -2.34. The second-order valence-electron chi connectivity index (χ2n) is 4.87. The molecule has 0 saturated carbocycles. The minimum absolute atomic E-state index is 0.0606. The van der Waals surface area contributed by atoms with Gasteiger partial charge in [-0.3, -0.25) is 4.79 Å². The van der Waals surface area contributed by atoms with Gasteiger partial charge in [0, 0.05) is 12.1 Å². The summed E-state index contributed by atoms with van der Waals surface area (Å²) < 4.78 is 43.0. The van der Waals surface area contributed by atoms with Crippen molar-refractivity contribution in [3.63, 3.8) is 0 Å². The smallest absolute Gasteiger partial charge is 0.375 e. The molecule has 0 aromatic heterocycles. The molecular formula is C17H16F3NO2. The average Bonchev–Trinajstić information content (AvgIpc) is 2.54. The van der Waals surface area contributed by atoms with Gasteiger partial charge in [0.1, 0.15) is 0 Å². The lowest BCUT2D eigenvalue weighted by molar-refractivity contribution is -0.137. The fourth-order valence-electron chi connectivity index (χ4n) is 1.96. The number of rotatable bonds is 6. The zero-order valence-electron chi connectivity index (χ0n) is 12.3. The van der Waals surface area contributed by atoms with E-state index in [1.807, 2.05) is 6.07 Å². The fraction of sp³-hybridized carbons (Fsp3) is 0.235. The molecule has 1 amide bonds. The number of ether oxygens (including phenoxy) is 1. The molecular weight excluding hydrogens is 307 g/mol. The number of hydrogen-bond acceptors (Lipinski definition) is 2. The largest absolute Gasteiger partial charge is 0.416 e. The van der Waals surface area contributed by atoms with Crippen molar-refractivity contribution < 1.29 is 22.7 Å². The Bertz CT molecular complexity index is 642. The molecule has 0 unspecified atom stereocenters. The Kier molecular flexibility index (Phi) is 5.76. The summed E-state index contributed by atoms with van der Waals surface area (Å²) in [7, 11) is 0. The van der Waals surface area contributed by atoms with E-state index in [4.69, 9.17) is 4.74 Å². The van der Waals surface area contributed by atoms with Gasteiger partial charge in [0.15, 0.2) is 0 Å². The molecule has 2 aromatic carbocycles. The molecule has 3 nitrogen and oxygen atoms in total. The van der Waals surface area contributed by atoms with Crippen LogP contribution < -0.4 is 5.32 Å². The minimum Gasteiger partial charge on any atom is -0.375 e. The van der Waals surface area contributed by atoms with Crippen molar-refractivity contribution in [1.82, 2.24) is 5.32 Å². The maximum Gasteiger partial charge on any atom is 0.416 e. The van der Waals surface area contributed by atoms with Gasteiger partial charge in [-0.05, 0) is 29.8 Å². The van der Waals surface area contributed by atoms with Crippen LogP contribution in [0, 0.1) is 0 Å². The maximum absolute atomic E-state index is 12.6. The molecule has 0 atom stereocenters. The van der Waals surface area contributed by atoms with Gasteiger partial charge in [-0.15, -0.1) is 0 Å². The van der Waals surface area contributed by atoms with E-state index in [1.165, 1.54) is 6.07 Å². The summed E-state index contributed by atoms with van der Waals surface area (Å²) in [6.07, 6.45) is -4.36. The van der Waals surface area contributed by atoms with E-state index >= 15 is 0 Å². The van der Waals surface area contributed by atoms with Crippen LogP contribution in [-0.2, 0) is 17.5 Å². The summed E-state index contributed by atoms with van der Waals surface area (Å²) in [4.78, 5) is 11.7. The first kappa shape index (κ1) is 17.0. The van der Waals surface area contributed by atoms with Gasteiger partial charge in [-0.25, -0.2) is 0 Å². The molecule has 0 aliphatic rings. The Balaban J connectivity index is 1.73. The molecule has 0 fully saturated rings. The van der Waals surface area contributed by atoms with E-state index in [2.05, 4.69) is 5.32 Å². The van der Waals surface area contributed by atoms with Crippen molar-refractivity contribution >= 4 is 5.91 Å². The van der Waals surface area contributed by atoms with Gasteiger partial charge in [0.25, 0.3) is 5.91 Å². The second-order valence-corrected chi connectivity index (χ2v) is 4.87. The molecule has 1 N–H and O–H groups in total. The van der Waals surface area contributed by atoms with Crippen LogP contribution in [0.25, 0.3) is 0 Å². The Morgan fingerprint density at radius 2 is 1.78 bits per heavy atom. The summed E-state index contributed by atoms with van der Waals surface area (Å²) in [6.45, 7) is 0.562. The van der Waals surface area contributed by atoms with Crippen molar-refractivity contribution in [2.75, 3.05) is 13.2 Å². The van der Waals surface area contributed by atoms with E-state index in [1.54, 1.807) is 30.3 Å². The molecule has 0 spiro atoms. The van der Waals surface area contributed by atoms with Crippen molar-refractivity contribution in [2.45, 2.75) is 12.8 Å². The lowest BCUT2D eigenvalue weighted by atomic mass is 10.1. The van der Waals surface area contributed by atoms with E-state index < -0.39 is 11.7 Å². The predicted octanol–water partition coefficient (Wildman–Crippen LogP) is 3.65. The molecule has 0 aliphatic carbocycles. The van der Waals surface area contributed by atoms with Crippen molar-refractivity contribution in [1.29, 1.82) is 0 Å². The standard InChI is InChI=1S/C17H16F3NO2/c18-17(19,20)15-8-4-5-13(11-15)12-23-10-9-21-16(22)14-6-2-1-3-7-14/h1-8,11H,9-10,12H2,(H,21,22). The van der Waals surface area contributed by atoms with Gasteiger partial charge in [0.2, 0.25) is 0 Å². The number of carbonyl (C=O) groups is 1. The van der Waals surface area contributed by atoms with Crippen LogP contribution in [0.15, 0.2) is 54.6 Å². The SMILES string of the molecule is O=C(NCCOCc1cccc(C(F)(F)F)c1)c1ccccc1. The molecule has 0 aliphatic heterocycles. The molecule has 6 heteroatoms. The number of alkyl halides is 3. The highest BCUT2D eigenvalue weighted by atomic mass is 19.4. The number of nitrogens with one attached hydrogen (secondary N) is 1. The second kappa shape index (κ2) is 7.78. The van der Waals surface area contributed by atoms with Crippen LogP contribution in [-0.4, -0.2) is 19.1 Å². The summed E-state index contributed by atoms with van der Waals surface area (Å²) in [5, 5.41) is 2.68. The summed E-state index contributed by atoms with van der Waals surface area (Å²) in [5.74, 6) is -0.215. The Morgan fingerprint density at radius 3 is 2.48 bits per heavy atom. The van der Waals surface area contributed by atoms with E-state index in [0.717, 1.165) is 12.1 Å². The number of benzene rings is 2. The van der Waals surface area contributed by atoms with Crippen LogP contribution >= 0.6 is 0 Å². The van der Waals surface area contributed by atoms with Crippen LogP contribution in [0.1, 0.15) is 21.5 Å². The fourth-order valence-corrected chi connectivity index (χ4v) is 1.96. The molecule has 0 saturated heterocycles. The van der Waals surface area contributed by atoms with Crippen LogP contribution in [0.4, 0.5) is 13.2 Å². The van der Waals surface area contributed by atoms with E-state index in [9.17, 15) is 18.0 Å². The van der Waals surface area contributed by atoms with Crippen LogP contribution in [0.3, 0.4) is 0 Å².